The Balaban J connectivity index is 1.88. The van der Waals surface area contributed by atoms with Crippen molar-refractivity contribution in [2.24, 2.45) is 5.92 Å². The molecule has 0 aliphatic heterocycles. The molecule has 0 atom stereocenters. The van der Waals surface area contributed by atoms with Crippen LogP contribution in [0.3, 0.4) is 0 Å². The van der Waals surface area contributed by atoms with Gasteiger partial charge in [0.25, 0.3) is 5.91 Å². The lowest BCUT2D eigenvalue weighted by molar-refractivity contribution is -0.122. The molecule has 2 N–H and O–H groups in total. The van der Waals surface area contributed by atoms with E-state index in [2.05, 4.69) is 10.6 Å². The highest BCUT2D eigenvalue weighted by Gasteiger charge is 2.26. The summed E-state index contributed by atoms with van der Waals surface area (Å²) in [5, 5.41) is 5.83. The van der Waals surface area contributed by atoms with Crippen molar-refractivity contribution in [1.29, 1.82) is 0 Å². The number of ether oxygens (including phenoxy) is 2. The van der Waals surface area contributed by atoms with Gasteiger partial charge in [0.1, 0.15) is 11.5 Å². The second-order valence-electron chi connectivity index (χ2n) is 6.65. The van der Waals surface area contributed by atoms with Crippen LogP contribution >= 0.6 is 0 Å². The van der Waals surface area contributed by atoms with Crippen molar-refractivity contribution in [3.8, 4) is 11.5 Å². The van der Waals surface area contributed by atoms with Crippen molar-refractivity contribution in [2.75, 3.05) is 23.8 Å². The van der Waals surface area contributed by atoms with Crippen LogP contribution in [0.4, 0.5) is 11.4 Å². The lowest BCUT2D eigenvalue weighted by atomic mass is 9.85. The van der Waals surface area contributed by atoms with Crippen LogP contribution < -0.4 is 20.1 Å². The quantitative estimate of drug-likeness (QED) is 0.706. The minimum atomic E-state index is -0.241. The Hall–Kier alpha value is -3.02. The van der Waals surface area contributed by atoms with Crippen molar-refractivity contribution in [3.05, 3.63) is 48.0 Å². The molecular formula is C22H26N2O4. The number of hydrogen-bond acceptors (Lipinski definition) is 4. The Morgan fingerprint density at radius 1 is 0.929 bits per heavy atom. The summed E-state index contributed by atoms with van der Waals surface area (Å²) in [7, 11) is 0. The number of hydrogen-bond donors (Lipinski definition) is 2. The second-order valence-corrected chi connectivity index (χ2v) is 6.65. The van der Waals surface area contributed by atoms with E-state index in [0.717, 1.165) is 19.3 Å². The van der Waals surface area contributed by atoms with E-state index in [1.54, 1.807) is 24.3 Å². The molecule has 0 saturated heterocycles. The molecule has 0 bridgehead atoms. The Kier molecular flexibility index (Phi) is 6.53. The third kappa shape index (κ3) is 4.63. The van der Waals surface area contributed by atoms with Gasteiger partial charge in [-0.1, -0.05) is 24.6 Å². The average Bonchev–Trinajstić information content (AvgIpc) is 2.64. The highest BCUT2D eigenvalue weighted by molar-refractivity contribution is 6.05. The zero-order valence-electron chi connectivity index (χ0n) is 16.3. The number of rotatable bonds is 8. The van der Waals surface area contributed by atoms with Crippen LogP contribution in [0.1, 0.15) is 43.5 Å². The van der Waals surface area contributed by atoms with Crippen molar-refractivity contribution in [3.63, 3.8) is 0 Å². The Morgan fingerprint density at radius 2 is 1.50 bits per heavy atom. The van der Waals surface area contributed by atoms with Gasteiger partial charge in [-0.25, -0.2) is 0 Å². The van der Waals surface area contributed by atoms with Gasteiger partial charge < -0.3 is 20.1 Å². The molecule has 1 fully saturated rings. The smallest absolute Gasteiger partial charge is 0.255 e. The summed E-state index contributed by atoms with van der Waals surface area (Å²) in [5.74, 6) is 0.801. The van der Waals surface area contributed by atoms with Crippen LogP contribution in [0.25, 0.3) is 0 Å². The van der Waals surface area contributed by atoms with E-state index in [1.165, 1.54) is 0 Å². The largest absolute Gasteiger partial charge is 0.492 e. The Morgan fingerprint density at radius 3 is 2.00 bits per heavy atom. The third-order valence-corrected chi connectivity index (χ3v) is 4.70. The van der Waals surface area contributed by atoms with Gasteiger partial charge in [-0.3, -0.25) is 9.59 Å². The van der Waals surface area contributed by atoms with Crippen LogP contribution in [0, 0.1) is 5.92 Å². The molecular weight excluding hydrogens is 356 g/mol. The lowest BCUT2D eigenvalue weighted by Crippen LogP contribution is -2.28. The maximum atomic E-state index is 12.6. The third-order valence-electron chi connectivity index (χ3n) is 4.70. The maximum absolute atomic E-state index is 12.6. The number of carbonyl (C=O) groups excluding carboxylic acids is 2. The van der Waals surface area contributed by atoms with Gasteiger partial charge >= 0.3 is 0 Å². The van der Waals surface area contributed by atoms with Crippen molar-refractivity contribution < 1.29 is 19.1 Å². The van der Waals surface area contributed by atoms with E-state index in [-0.39, 0.29) is 17.7 Å². The molecule has 28 heavy (non-hydrogen) atoms. The SMILES string of the molecule is CCOc1cc(NC(=O)C2CCC2)c(OCC)cc1NC(=O)c1ccccc1. The zero-order chi connectivity index (χ0) is 19.9. The standard InChI is InChI=1S/C22H26N2O4/c1-3-27-19-14-18(24-22(26)16-11-8-12-16)20(28-4-2)13-17(19)23-21(25)15-9-6-5-7-10-15/h5-7,9-10,13-14,16H,3-4,8,11-12H2,1-2H3,(H,23,25)(H,24,26). The first kappa shape index (κ1) is 19.7. The van der Waals surface area contributed by atoms with Gasteiger partial charge in [0.15, 0.2) is 0 Å². The van der Waals surface area contributed by atoms with Gasteiger partial charge in [-0.15, -0.1) is 0 Å². The summed E-state index contributed by atoms with van der Waals surface area (Å²) < 4.78 is 11.4. The molecule has 2 aromatic carbocycles. The summed E-state index contributed by atoms with van der Waals surface area (Å²) in [5.41, 5.74) is 1.60. The molecule has 148 valence electrons. The van der Waals surface area contributed by atoms with Crippen molar-refractivity contribution >= 4 is 23.2 Å². The molecule has 2 amide bonds. The number of carbonyl (C=O) groups is 2. The molecule has 3 rings (SSSR count). The first-order valence-corrected chi connectivity index (χ1v) is 9.73. The van der Waals surface area contributed by atoms with E-state index in [9.17, 15) is 9.59 Å². The van der Waals surface area contributed by atoms with E-state index < -0.39 is 0 Å². The van der Waals surface area contributed by atoms with E-state index >= 15 is 0 Å². The molecule has 1 saturated carbocycles. The van der Waals surface area contributed by atoms with Crippen molar-refractivity contribution in [2.45, 2.75) is 33.1 Å². The lowest BCUT2D eigenvalue weighted by Gasteiger charge is -2.25. The highest BCUT2D eigenvalue weighted by atomic mass is 16.5. The summed E-state index contributed by atoms with van der Waals surface area (Å²) in [6.45, 7) is 4.60. The molecule has 6 heteroatoms. The van der Waals surface area contributed by atoms with Gasteiger partial charge in [-0.2, -0.15) is 0 Å². The molecule has 0 radical (unpaired) electrons. The van der Waals surface area contributed by atoms with Gasteiger partial charge in [0.2, 0.25) is 5.91 Å². The van der Waals surface area contributed by atoms with Crippen LogP contribution in [-0.2, 0) is 4.79 Å². The summed E-state index contributed by atoms with van der Waals surface area (Å²) in [4.78, 5) is 25.0. The van der Waals surface area contributed by atoms with E-state index in [1.807, 2.05) is 32.0 Å². The summed E-state index contributed by atoms with van der Waals surface area (Å²) >= 11 is 0. The fourth-order valence-corrected chi connectivity index (χ4v) is 2.99. The minimum absolute atomic E-state index is 0.00396. The number of amides is 2. The molecule has 6 nitrogen and oxygen atoms in total. The molecule has 0 aromatic heterocycles. The topological polar surface area (TPSA) is 76.7 Å². The van der Waals surface area contributed by atoms with Crippen LogP contribution in [0.15, 0.2) is 42.5 Å². The molecule has 1 aliphatic carbocycles. The van der Waals surface area contributed by atoms with Crippen LogP contribution in [0.2, 0.25) is 0 Å². The van der Waals surface area contributed by atoms with Crippen molar-refractivity contribution in [1.82, 2.24) is 0 Å². The molecule has 0 spiro atoms. The fourth-order valence-electron chi connectivity index (χ4n) is 2.99. The second kappa shape index (κ2) is 9.26. The normalized spacial score (nSPS) is 13.4. The minimum Gasteiger partial charge on any atom is -0.492 e. The highest BCUT2D eigenvalue weighted by Crippen LogP contribution is 2.38. The Bertz CT molecular complexity index is 832. The molecule has 0 unspecified atom stereocenters. The number of benzene rings is 2. The zero-order valence-corrected chi connectivity index (χ0v) is 16.3. The molecule has 1 aliphatic rings. The predicted octanol–water partition coefficient (Wildman–Crippen LogP) is 4.47. The molecule has 2 aromatic rings. The number of nitrogens with one attached hydrogen (secondary N) is 2. The predicted molar refractivity (Wildman–Crippen MR) is 109 cm³/mol. The van der Waals surface area contributed by atoms with Gasteiger partial charge in [-0.05, 0) is 38.8 Å². The van der Waals surface area contributed by atoms with Crippen LogP contribution in [0.5, 0.6) is 11.5 Å². The summed E-state index contributed by atoms with van der Waals surface area (Å²) in [6.07, 6.45) is 2.92. The first-order chi connectivity index (χ1) is 13.6. The summed E-state index contributed by atoms with van der Waals surface area (Å²) in [6, 6.07) is 12.4. The fraction of sp³-hybridized carbons (Fsp3) is 0.364. The number of anilines is 2. The first-order valence-electron chi connectivity index (χ1n) is 9.73. The van der Waals surface area contributed by atoms with Gasteiger partial charge in [0.05, 0.1) is 24.6 Å². The Labute approximate surface area is 165 Å². The monoisotopic (exact) mass is 382 g/mol. The average molecular weight is 382 g/mol. The molecule has 0 heterocycles. The van der Waals surface area contributed by atoms with E-state index in [0.29, 0.717) is 41.7 Å². The van der Waals surface area contributed by atoms with Gasteiger partial charge in [0, 0.05) is 23.6 Å². The maximum Gasteiger partial charge on any atom is 0.255 e. The van der Waals surface area contributed by atoms with Crippen LogP contribution in [-0.4, -0.2) is 25.0 Å². The van der Waals surface area contributed by atoms with E-state index in [4.69, 9.17) is 9.47 Å².